The van der Waals surface area contributed by atoms with Gasteiger partial charge >= 0.3 is 0 Å². The third-order valence-corrected chi connectivity index (χ3v) is 3.53. The lowest BCUT2D eigenvalue weighted by molar-refractivity contribution is -0.121. The molecular formula is C17H23N3O3. The maximum Gasteiger partial charge on any atom is 0.227 e. The van der Waals surface area contributed by atoms with E-state index in [-0.39, 0.29) is 12.5 Å². The minimum atomic E-state index is -0.0838. The number of amides is 1. The van der Waals surface area contributed by atoms with Crippen LogP contribution in [0.25, 0.3) is 11.4 Å². The van der Waals surface area contributed by atoms with E-state index in [0.29, 0.717) is 43.4 Å². The minimum Gasteiger partial charge on any atom is -0.396 e. The fourth-order valence-corrected chi connectivity index (χ4v) is 2.11. The molecular weight excluding hydrogens is 294 g/mol. The van der Waals surface area contributed by atoms with Gasteiger partial charge < -0.3 is 14.9 Å². The van der Waals surface area contributed by atoms with Crippen molar-refractivity contribution >= 4 is 5.91 Å². The number of nitrogens with zero attached hydrogens (tertiary/aromatic N) is 2. The zero-order valence-corrected chi connectivity index (χ0v) is 13.6. The van der Waals surface area contributed by atoms with E-state index in [9.17, 15) is 4.79 Å². The van der Waals surface area contributed by atoms with Gasteiger partial charge in [0.2, 0.25) is 17.6 Å². The van der Waals surface area contributed by atoms with Gasteiger partial charge in [-0.25, -0.2) is 0 Å². The predicted molar refractivity (Wildman–Crippen MR) is 86.9 cm³/mol. The van der Waals surface area contributed by atoms with E-state index >= 15 is 0 Å². The Hall–Kier alpha value is -2.21. The third-order valence-electron chi connectivity index (χ3n) is 3.53. The molecule has 0 aliphatic heterocycles. The summed E-state index contributed by atoms with van der Waals surface area (Å²) in [5.41, 5.74) is 2.16. The van der Waals surface area contributed by atoms with Crippen LogP contribution in [0.2, 0.25) is 0 Å². The molecule has 0 saturated heterocycles. The highest BCUT2D eigenvalue weighted by molar-refractivity contribution is 5.75. The number of hydrogen-bond acceptors (Lipinski definition) is 5. The van der Waals surface area contributed by atoms with Crippen LogP contribution in [-0.2, 0) is 11.2 Å². The van der Waals surface area contributed by atoms with E-state index < -0.39 is 0 Å². The van der Waals surface area contributed by atoms with Crippen LogP contribution in [0.4, 0.5) is 0 Å². The van der Waals surface area contributed by atoms with Gasteiger partial charge in [-0.05, 0) is 17.9 Å². The van der Waals surface area contributed by atoms with Crippen molar-refractivity contribution in [3.05, 3.63) is 35.7 Å². The Balaban J connectivity index is 1.89. The number of aliphatic hydroxyl groups is 1. The smallest absolute Gasteiger partial charge is 0.227 e. The predicted octanol–water partition coefficient (Wildman–Crippen LogP) is 2.29. The SMILES string of the molecule is CC(C)c1ccc(-c2noc(CCC(=O)NCCCO)n2)cc1. The molecule has 0 bridgehead atoms. The van der Waals surface area contributed by atoms with E-state index in [1.54, 1.807) is 0 Å². The molecule has 1 heterocycles. The number of hydrogen-bond donors (Lipinski definition) is 2. The number of benzene rings is 1. The molecule has 1 aromatic heterocycles. The van der Waals surface area contributed by atoms with Crippen LogP contribution in [0, 0.1) is 0 Å². The zero-order valence-electron chi connectivity index (χ0n) is 13.6. The number of carbonyl (C=O) groups excluding carboxylic acids is 1. The molecule has 2 rings (SSSR count). The Kier molecular flexibility index (Phi) is 6.29. The van der Waals surface area contributed by atoms with Crippen molar-refractivity contribution < 1.29 is 14.4 Å². The molecule has 0 atom stereocenters. The summed E-state index contributed by atoms with van der Waals surface area (Å²) in [5, 5.41) is 15.3. The highest BCUT2D eigenvalue weighted by Gasteiger charge is 2.11. The van der Waals surface area contributed by atoms with Gasteiger partial charge in [-0.3, -0.25) is 4.79 Å². The molecule has 0 fully saturated rings. The summed E-state index contributed by atoms with van der Waals surface area (Å²) in [6.07, 6.45) is 1.25. The Morgan fingerprint density at radius 2 is 2.04 bits per heavy atom. The average molecular weight is 317 g/mol. The molecule has 0 radical (unpaired) electrons. The van der Waals surface area contributed by atoms with Crippen molar-refractivity contribution in [1.29, 1.82) is 0 Å². The van der Waals surface area contributed by atoms with E-state index in [2.05, 4.69) is 41.4 Å². The van der Waals surface area contributed by atoms with E-state index in [1.165, 1.54) is 5.56 Å². The van der Waals surface area contributed by atoms with Crippen molar-refractivity contribution in [1.82, 2.24) is 15.5 Å². The van der Waals surface area contributed by atoms with Gasteiger partial charge in [-0.15, -0.1) is 0 Å². The Bertz CT molecular complexity index is 620. The molecule has 1 aromatic carbocycles. The average Bonchev–Trinajstić information content (AvgIpc) is 3.02. The fraction of sp³-hybridized carbons (Fsp3) is 0.471. The molecule has 0 saturated carbocycles. The van der Waals surface area contributed by atoms with E-state index in [0.717, 1.165) is 5.56 Å². The third kappa shape index (κ3) is 5.17. The molecule has 2 N–H and O–H groups in total. The number of aryl methyl sites for hydroxylation is 1. The van der Waals surface area contributed by atoms with Crippen molar-refractivity contribution in [2.24, 2.45) is 0 Å². The lowest BCUT2D eigenvalue weighted by Crippen LogP contribution is -2.25. The molecule has 1 amide bonds. The summed E-state index contributed by atoms with van der Waals surface area (Å²) in [5.74, 6) is 1.38. The molecule has 6 heteroatoms. The van der Waals surface area contributed by atoms with Crippen LogP contribution in [0.3, 0.4) is 0 Å². The van der Waals surface area contributed by atoms with Crippen LogP contribution in [0.5, 0.6) is 0 Å². The van der Waals surface area contributed by atoms with Crippen molar-refractivity contribution in [3.63, 3.8) is 0 Å². The maximum absolute atomic E-state index is 11.6. The maximum atomic E-state index is 11.6. The quantitative estimate of drug-likeness (QED) is 0.729. The van der Waals surface area contributed by atoms with Crippen molar-refractivity contribution in [2.75, 3.05) is 13.2 Å². The zero-order chi connectivity index (χ0) is 16.7. The van der Waals surface area contributed by atoms with Gasteiger partial charge in [0, 0.05) is 31.6 Å². The second kappa shape index (κ2) is 8.43. The molecule has 0 aliphatic carbocycles. The Morgan fingerprint density at radius 3 is 2.70 bits per heavy atom. The van der Waals surface area contributed by atoms with Crippen molar-refractivity contribution in [3.8, 4) is 11.4 Å². The molecule has 2 aromatic rings. The van der Waals surface area contributed by atoms with Gasteiger partial charge in [-0.1, -0.05) is 43.3 Å². The second-order valence-electron chi connectivity index (χ2n) is 5.72. The minimum absolute atomic E-state index is 0.0723. The molecule has 0 spiro atoms. The molecule has 23 heavy (non-hydrogen) atoms. The summed E-state index contributed by atoms with van der Waals surface area (Å²) in [6.45, 7) is 4.84. The normalized spacial score (nSPS) is 11.0. The van der Waals surface area contributed by atoms with Gasteiger partial charge in [0.05, 0.1) is 0 Å². The first-order valence-corrected chi connectivity index (χ1v) is 7.90. The van der Waals surface area contributed by atoms with E-state index in [1.807, 2.05) is 12.1 Å². The Morgan fingerprint density at radius 1 is 1.30 bits per heavy atom. The first kappa shape index (κ1) is 17.1. The van der Waals surface area contributed by atoms with Crippen LogP contribution in [-0.4, -0.2) is 34.3 Å². The first-order valence-electron chi connectivity index (χ1n) is 7.90. The number of carbonyl (C=O) groups is 1. The first-order chi connectivity index (χ1) is 11.1. The van der Waals surface area contributed by atoms with Crippen LogP contribution in [0.1, 0.15) is 44.1 Å². The van der Waals surface area contributed by atoms with Crippen LogP contribution >= 0.6 is 0 Å². The summed E-state index contributed by atoms with van der Waals surface area (Å²) in [4.78, 5) is 15.9. The Labute approximate surface area is 135 Å². The topological polar surface area (TPSA) is 88.2 Å². The largest absolute Gasteiger partial charge is 0.396 e. The number of rotatable bonds is 8. The molecule has 6 nitrogen and oxygen atoms in total. The van der Waals surface area contributed by atoms with Crippen molar-refractivity contribution in [2.45, 2.75) is 39.0 Å². The highest BCUT2D eigenvalue weighted by Crippen LogP contribution is 2.20. The summed E-state index contributed by atoms with van der Waals surface area (Å²) in [7, 11) is 0. The summed E-state index contributed by atoms with van der Waals surface area (Å²) in [6, 6.07) is 8.08. The molecule has 0 unspecified atom stereocenters. The monoisotopic (exact) mass is 317 g/mol. The number of nitrogens with one attached hydrogen (secondary N) is 1. The van der Waals surface area contributed by atoms with E-state index in [4.69, 9.17) is 9.63 Å². The van der Waals surface area contributed by atoms with Gasteiger partial charge in [-0.2, -0.15) is 4.98 Å². The number of aromatic nitrogens is 2. The lowest BCUT2D eigenvalue weighted by Gasteiger charge is -2.04. The van der Waals surface area contributed by atoms with Gasteiger partial charge in [0.15, 0.2) is 0 Å². The standard InChI is InChI=1S/C17H23N3O3/c1-12(2)13-4-6-14(7-5-13)17-19-16(23-20-17)9-8-15(22)18-10-3-11-21/h4-7,12,21H,3,8-11H2,1-2H3,(H,18,22). The fourth-order valence-electron chi connectivity index (χ4n) is 2.11. The molecule has 124 valence electrons. The van der Waals surface area contributed by atoms with Gasteiger partial charge in [0.1, 0.15) is 0 Å². The summed E-state index contributed by atoms with van der Waals surface area (Å²) >= 11 is 0. The van der Waals surface area contributed by atoms with Crippen LogP contribution in [0.15, 0.2) is 28.8 Å². The van der Waals surface area contributed by atoms with Crippen LogP contribution < -0.4 is 5.32 Å². The second-order valence-corrected chi connectivity index (χ2v) is 5.72. The highest BCUT2D eigenvalue weighted by atomic mass is 16.5. The molecule has 0 aliphatic rings. The lowest BCUT2D eigenvalue weighted by atomic mass is 10.0. The number of aliphatic hydroxyl groups excluding tert-OH is 1. The summed E-state index contributed by atoms with van der Waals surface area (Å²) < 4.78 is 5.19. The van der Waals surface area contributed by atoms with Gasteiger partial charge in [0.25, 0.3) is 0 Å².